The summed E-state index contributed by atoms with van der Waals surface area (Å²) in [6.07, 6.45) is 3.96. The van der Waals surface area contributed by atoms with Crippen LogP contribution in [0, 0.1) is 13.8 Å². The Balaban J connectivity index is 1.34. The molecule has 31 heavy (non-hydrogen) atoms. The van der Waals surface area contributed by atoms with Crippen molar-refractivity contribution in [1.82, 2.24) is 15.1 Å². The van der Waals surface area contributed by atoms with Crippen molar-refractivity contribution in [3.8, 4) is 11.5 Å². The number of benzene rings is 2. The molecule has 1 saturated carbocycles. The Hall–Kier alpha value is -3.12. The van der Waals surface area contributed by atoms with Gasteiger partial charge in [-0.2, -0.15) is 0 Å². The Morgan fingerprint density at radius 3 is 2.61 bits per heavy atom. The van der Waals surface area contributed by atoms with E-state index in [1.807, 2.05) is 23.1 Å². The highest BCUT2D eigenvalue weighted by Crippen LogP contribution is 2.31. The Bertz CT molecular complexity index is 1260. The first-order chi connectivity index (χ1) is 15.0. The Morgan fingerprint density at radius 1 is 1.13 bits per heavy atom. The lowest BCUT2D eigenvalue weighted by Crippen LogP contribution is -2.33. The highest BCUT2D eigenvalue weighted by molar-refractivity contribution is 6.30. The Labute approximate surface area is 184 Å². The number of nitrogens with zero attached hydrogens (tertiary/aromatic N) is 3. The average Bonchev–Trinajstić information content (AvgIpc) is 3.37. The second kappa shape index (κ2) is 7.85. The number of rotatable bonds is 6. The molecule has 0 unspecified atom stereocenters. The van der Waals surface area contributed by atoms with Crippen LogP contribution in [0.3, 0.4) is 0 Å². The van der Waals surface area contributed by atoms with E-state index in [-0.39, 0.29) is 18.4 Å². The summed E-state index contributed by atoms with van der Waals surface area (Å²) in [5.41, 5.74) is 4.87. The van der Waals surface area contributed by atoms with Gasteiger partial charge >= 0.3 is 0 Å². The molecular formula is C24H22ClN3O3. The second-order valence-electron chi connectivity index (χ2n) is 8.13. The van der Waals surface area contributed by atoms with Gasteiger partial charge in [-0.25, -0.2) is 0 Å². The van der Waals surface area contributed by atoms with E-state index in [9.17, 15) is 4.79 Å². The van der Waals surface area contributed by atoms with Crippen LogP contribution < -0.4 is 0 Å². The Kier molecular flexibility index (Phi) is 5.02. The zero-order valence-electron chi connectivity index (χ0n) is 17.4. The minimum Gasteiger partial charge on any atom is -0.464 e. The lowest BCUT2D eigenvalue weighted by atomic mass is 10.0. The van der Waals surface area contributed by atoms with Crippen molar-refractivity contribution in [1.29, 1.82) is 0 Å². The van der Waals surface area contributed by atoms with Crippen molar-refractivity contribution in [2.75, 3.05) is 0 Å². The van der Waals surface area contributed by atoms with Crippen LogP contribution in [0.15, 0.2) is 51.5 Å². The van der Waals surface area contributed by atoms with Crippen molar-refractivity contribution in [2.24, 2.45) is 0 Å². The summed E-state index contributed by atoms with van der Waals surface area (Å²) in [6, 6.07) is 11.6. The monoisotopic (exact) mass is 435 g/mol. The molecule has 0 atom stereocenters. The summed E-state index contributed by atoms with van der Waals surface area (Å²) in [5, 5.41) is 9.92. The van der Waals surface area contributed by atoms with Gasteiger partial charge in [-0.15, -0.1) is 10.2 Å². The molecule has 2 heterocycles. The highest BCUT2D eigenvalue weighted by atomic mass is 35.5. The largest absolute Gasteiger partial charge is 0.464 e. The third kappa shape index (κ3) is 4.08. The van der Waals surface area contributed by atoms with Crippen LogP contribution in [-0.2, 0) is 17.8 Å². The van der Waals surface area contributed by atoms with Crippen LogP contribution in [0.1, 0.15) is 35.4 Å². The van der Waals surface area contributed by atoms with Crippen molar-refractivity contribution in [3.63, 3.8) is 0 Å². The van der Waals surface area contributed by atoms with Gasteiger partial charge in [0, 0.05) is 27.6 Å². The van der Waals surface area contributed by atoms with E-state index in [4.69, 9.17) is 20.4 Å². The smallest absolute Gasteiger partial charge is 0.247 e. The first-order valence-corrected chi connectivity index (χ1v) is 10.7. The van der Waals surface area contributed by atoms with Crippen LogP contribution >= 0.6 is 11.6 Å². The zero-order valence-corrected chi connectivity index (χ0v) is 18.1. The lowest BCUT2D eigenvalue weighted by molar-refractivity contribution is -0.132. The maximum absolute atomic E-state index is 13.2. The number of hydrogen-bond donors (Lipinski definition) is 0. The molecular weight excluding hydrogens is 414 g/mol. The fraction of sp³-hybridized carbons (Fsp3) is 0.292. The highest BCUT2D eigenvalue weighted by Gasteiger charge is 2.34. The van der Waals surface area contributed by atoms with Crippen molar-refractivity contribution >= 4 is 28.5 Å². The molecule has 5 rings (SSSR count). The maximum atomic E-state index is 13.2. The molecule has 4 aromatic rings. The third-order valence-corrected chi connectivity index (χ3v) is 6.04. The zero-order chi connectivity index (χ0) is 21.5. The van der Waals surface area contributed by atoms with Gasteiger partial charge < -0.3 is 13.7 Å². The van der Waals surface area contributed by atoms with Gasteiger partial charge in [-0.3, -0.25) is 4.79 Å². The molecule has 6 nitrogen and oxygen atoms in total. The van der Waals surface area contributed by atoms with Crippen LogP contribution in [0.2, 0.25) is 5.02 Å². The van der Waals surface area contributed by atoms with Crippen LogP contribution in [0.25, 0.3) is 22.4 Å². The summed E-state index contributed by atoms with van der Waals surface area (Å²) in [7, 11) is 0. The van der Waals surface area contributed by atoms with Gasteiger partial charge in [0.1, 0.15) is 5.58 Å². The molecule has 0 radical (unpaired) electrons. The first kappa shape index (κ1) is 19.8. The number of fused-ring (bicyclic) bond motifs is 1. The van der Waals surface area contributed by atoms with E-state index in [1.54, 1.807) is 18.4 Å². The molecule has 1 amide bonds. The first-order valence-electron chi connectivity index (χ1n) is 10.3. The number of amides is 1. The third-order valence-electron chi connectivity index (χ3n) is 5.78. The van der Waals surface area contributed by atoms with E-state index in [0.717, 1.165) is 34.9 Å². The van der Waals surface area contributed by atoms with Gasteiger partial charge in [0.2, 0.25) is 17.7 Å². The van der Waals surface area contributed by atoms with Gasteiger partial charge in [0.05, 0.1) is 19.2 Å². The molecule has 0 saturated heterocycles. The van der Waals surface area contributed by atoms with Gasteiger partial charge in [-0.1, -0.05) is 11.6 Å². The quantitative estimate of drug-likeness (QED) is 0.400. The molecule has 2 aromatic carbocycles. The predicted octanol–water partition coefficient (Wildman–Crippen LogP) is 5.49. The molecule has 0 bridgehead atoms. The van der Waals surface area contributed by atoms with Gasteiger partial charge in [0.15, 0.2) is 0 Å². The lowest BCUT2D eigenvalue weighted by Gasteiger charge is -2.20. The van der Waals surface area contributed by atoms with Crippen molar-refractivity contribution in [2.45, 2.75) is 45.7 Å². The number of aromatic nitrogens is 2. The van der Waals surface area contributed by atoms with Crippen LogP contribution in [-0.4, -0.2) is 27.0 Å². The van der Waals surface area contributed by atoms with Crippen LogP contribution in [0.4, 0.5) is 0 Å². The van der Waals surface area contributed by atoms with E-state index in [1.165, 1.54) is 11.1 Å². The summed E-state index contributed by atoms with van der Waals surface area (Å²) in [4.78, 5) is 15.0. The van der Waals surface area contributed by atoms with Crippen molar-refractivity contribution in [3.05, 3.63) is 70.3 Å². The van der Waals surface area contributed by atoms with Gasteiger partial charge in [-0.05, 0) is 74.2 Å². The molecule has 0 spiro atoms. The summed E-state index contributed by atoms with van der Waals surface area (Å²) in [6.45, 7) is 4.43. The number of furan rings is 1. The van der Waals surface area contributed by atoms with E-state index >= 15 is 0 Å². The van der Waals surface area contributed by atoms with Gasteiger partial charge in [0.25, 0.3) is 0 Å². The standard InChI is InChI=1S/C24H22ClN3O3/c1-14-9-20-17(13-30-21(20)10-15(14)2)11-23(29)28(19-7-8-19)12-22-26-27-24(31-22)16-3-5-18(25)6-4-16/h3-6,9-10,13,19H,7-8,11-12H2,1-2H3. The summed E-state index contributed by atoms with van der Waals surface area (Å²) < 4.78 is 11.5. The van der Waals surface area contributed by atoms with E-state index < -0.39 is 0 Å². The second-order valence-corrected chi connectivity index (χ2v) is 8.57. The Morgan fingerprint density at radius 2 is 1.87 bits per heavy atom. The average molecular weight is 436 g/mol. The van der Waals surface area contributed by atoms with E-state index in [2.05, 4.69) is 30.1 Å². The minimum absolute atomic E-state index is 0.0367. The molecule has 1 aliphatic carbocycles. The molecule has 158 valence electrons. The SMILES string of the molecule is Cc1cc2occ(CC(=O)N(Cc3nnc(-c4ccc(Cl)cc4)o3)C3CC3)c2cc1C. The number of aryl methyl sites for hydroxylation is 2. The van der Waals surface area contributed by atoms with E-state index in [0.29, 0.717) is 23.3 Å². The summed E-state index contributed by atoms with van der Waals surface area (Å²) >= 11 is 5.94. The molecule has 1 aliphatic rings. The topological polar surface area (TPSA) is 72.4 Å². The normalized spacial score (nSPS) is 13.6. The molecule has 7 heteroatoms. The fourth-order valence-electron chi connectivity index (χ4n) is 3.72. The molecule has 0 aliphatic heterocycles. The number of carbonyl (C=O) groups excluding carboxylic acids is 1. The predicted molar refractivity (Wildman–Crippen MR) is 118 cm³/mol. The van der Waals surface area contributed by atoms with Crippen LogP contribution in [0.5, 0.6) is 0 Å². The number of halogens is 1. The summed E-state index contributed by atoms with van der Waals surface area (Å²) in [5.74, 6) is 0.880. The molecule has 0 N–H and O–H groups in total. The number of hydrogen-bond acceptors (Lipinski definition) is 5. The number of carbonyl (C=O) groups is 1. The maximum Gasteiger partial charge on any atom is 0.247 e. The minimum atomic E-state index is 0.0367. The fourth-order valence-corrected chi connectivity index (χ4v) is 3.84. The molecule has 1 fully saturated rings. The molecule has 2 aromatic heterocycles. The van der Waals surface area contributed by atoms with Crippen molar-refractivity contribution < 1.29 is 13.6 Å².